The van der Waals surface area contributed by atoms with E-state index < -0.39 is 0 Å². The summed E-state index contributed by atoms with van der Waals surface area (Å²) in [6.45, 7) is 5.15. The van der Waals surface area contributed by atoms with E-state index in [4.69, 9.17) is 4.74 Å². The summed E-state index contributed by atoms with van der Waals surface area (Å²) in [6.07, 6.45) is 0.922. The highest BCUT2D eigenvalue weighted by Gasteiger charge is 2.05. The Balaban J connectivity index is 2.36. The summed E-state index contributed by atoms with van der Waals surface area (Å²) in [4.78, 5) is 11.1. The van der Waals surface area contributed by atoms with Crippen LogP contribution in [0.2, 0.25) is 0 Å². The molecule has 0 radical (unpaired) electrons. The molecule has 1 N–H and O–H groups in total. The van der Waals surface area contributed by atoms with Gasteiger partial charge in [0.1, 0.15) is 0 Å². The molecule has 16 heavy (non-hydrogen) atoms. The van der Waals surface area contributed by atoms with Gasteiger partial charge < -0.3 is 10.1 Å². The van der Waals surface area contributed by atoms with E-state index in [0.29, 0.717) is 13.2 Å². The molecule has 1 aromatic rings. The van der Waals surface area contributed by atoms with Crippen molar-refractivity contribution in [2.24, 2.45) is 7.05 Å². The Kier molecular flexibility index (Phi) is 4.98. The van der Waals surface area contributed by atoms with Gasteiger partial charge in [0.2, 0.25) is 0 Å². The third kappa shape index (κ3) is 3.66. The van der Waals surface area contributed by atoms with E-state index in [9.17, 15) is 4.79 Å². The van der Waals surface area contributed by atoms with Gasteiger partial charge in [-0.1, -0.05) is 6.92 Å². The van der Waals surface area contributed by atoms with E-state index in [1.165, 1.54) is 0 Å². The summed E-state index contributed by atoms with van der Waals surface area (Å²) >= 11 is 0. The van der Waals surface area contributed by atoms with Gasteiger partial charge in [-0.3, -0.25) is 9.48 Å². The van der Waals surface area contributed by atoms with Crippen molar-refractivity contribution in [3.05, 3.63) is 17.5 Å². The van der Waals surface area contributed by atoms with Gasteiger partial charge >= 0.3 is 5.97 Å². The Hall–Kier alpha value is -1.36. The molecule has 0 saturated heterocycles. The SMILES string of the molecule is CCOC(=O)CNCc1cc(CC)nn1C. The van der Waals surface area contributed by atoms with Gasteiger partial charge in [0.25, 0.3) is 0 Å². The fourth-order valence-electron chi connectivity index (χ4n) is 1.41. The number of hydrogen-bond acceptors (Lipinski definition) is 4. The quantitative estimate of drug-likeness (QED) is 0.722. The standard InChI is InChI=1S/C11H19N3O2/c1-4-9-6-10(14(3)13-9)7-12-8-11(15)16-5-2/h6,12H,4-5,7-8H2,1-3H3. The van der Waals surface area contributed by atoms with Crippen LogP contribution >= 0.6 is 0 Å². The number of nitrogens with one attached hydrogen (secondary N) is 1. The first kappa shape index (κ1) is 12.7. The van der Waals surface area contributed by atoms with Crippen molar-refractivity contribution < 1.29 is 9.53 Å². The van der Waals surface area contributed by atoms with Crippen LogP contribution in [0.25, 0.3) is 0 Å². The Morgan fingerprint density at radius 1 is 1.56 bits per heavy atom. The molecule has 1 aromatic heterocycles. The maximum atomic E-state index is 11.1. The van der Waals surface area contributed by atoms with Crippen LogP contribution < -0.4 is 5.32 Å². The van der Waals surface area contributed by atoms with Crippen LogP contribution in [0.5, 0.6) is 0 Å². The van der Waals surface area contributed by atoms with E-state index in [2.05, 4.69) is 17.3 Å². The average Bonchev–Trinajstić information content (AvgIpc) is 2.60. The number of carbonyl (C=O) groups excluding carboxylic acids is 1. The van der Waals surface area contributed by atoms with Crippen molar-refractivity contribution in [2.45, 2.75) is 26.8 Å². The monoisotopic (exact) mass is 225 g/mol. The smallest absolute Gasteiger partial charge is 0.319 e. The lowest BCUT2D eigenvalue weighted by molar-refractivity contribution is -0.142. The van der Waals surface area contributed by atoms with Gasteiger partial charge in [0.15, 0.2) is 0 Å². The Bertz CT molecular complexity index is 347. The largest absolute Gasteiger partial charge is 0.465 e. The number of ether oxygens (including phenoxy) is 1. The number of aryl methyl sites for hydroxylation is 2. The lowest BCUT2D eigenvalue weighted by Crippen LogP contribution is -2.25. The summed E-state index contributed by atoms with van der Waals surface area (Å²) in [7, 11) is 1.90. The van der Waals surface area contributed by atoms with Crippen molar-refractivity contribution in [3.63, 3.8) is 0 Å². The average molecular weight is 225 g/mol. The highest BCUT2D eigenvalue weighted by Crippen LogP contribution is 2.02. The summed E-state index contributed by atoms with van der Waals surface area (Å²) in [5.41, 5.74) is 2.14. The molecule has 0 aliphatic carbocycles. The third-order valence-electron chi connectivity index (χ3n) is 2.27. The minimum Gasteiger partial charge on any atom is -0.465 e. The predicted molar refractivity (Wildman–Crippen MR) is 60.9 cm³/mol. The predicted octanol–water partition coefficient (Wildman–Crippen LogP) is 0.635. The molecule has 90 valence electrons. The minimum atomic E-state index is -0.222. The molecule has 0 fully saturated rings. The van der Waals surface area contributed by atoms with E-state index in [1.807, 2.05) is 17.8 Å². The van der Waals surface area contributed by atoms with Gasteiger partial charge in [-0.05, 0) is 19.4 Å². The van der Waals surface area contributed by atoms with Crippen molar-refractivity contribution in [1.82, 2.24) is 15.1 Å². The van der Waals surface area contributed by atoms with E-state index >= 15 is 0 Å². The highest BCUT2D eigenvalue weighted by molar-refractivity contribution is 5.71. The molecule has 0 bridgehead atoms. The molecular weight excluding hydrogens is 206 g/mol. The van der Waals surface area contributed by atoms with Gasteiger partial charge in [0.05, 0.1) is 24.5 Å². The lowest BCUT2D eigenvalue weighted by atomic mass is 10.3. The third-order valence-corrected chi connectivity index (χ3v) is 2.27. The number of carbonyl (C=O) groups is 1. The number of rotatable bonds is 6. The van der Waals surface area contributed by atoms with Gasteiger partial charge in [0, 0.05) is 13.6 Å². The second-order valence-electron chi connectivity index (χ2n) is 3.51. The van der Waals surface area contributed by atoms with Crippen LogP contribution in [0.3, 0.4) is 0 Å². The van der Waals surface area contributed by atoms with Crippen molar-refractivity contribution in [3.8, 4) is 0 Å². The summed E-state index contributed by atoms with van der Waals surface area (Å²) in [5, 5.41) is 7.35. The van der Waals surface area contributed by atoms with Crippen molar-refractivity contribution in [1.29, 1.82) is 0 Å². The van der Waals surface area contributed by atoms with Crippen LogP contribution in [0.4, 0.5) is 0 Å². The maximum Gasteiger partial charge on any atom is 0.319 e. The highest BCUT2D eigenvalue weighted by atomic mass is 16.5. The first-order chi connectivity index (χ1) is 7.67. The van der Waals surface area contributed by atoms with Crippen molar-refractivity contribution in [2.75, 3.05) is 13.2 Å². The van der Waals surface area contributed by atoms with Crippen LogP contribution in [-0.4, -0.2) is 28.9 Å². The summed E-state index contributed by atoms with van der Waals surface area (Å²) in [6, 6.07) is 2.04. The molecule has 0 spiro atoms. The Morgan fingerprint density at radius 3 is 2.88 bits per heavy atom. The van der Waals surface area contributed by atoms with Crippen LogP contribution in [0.1, 0.15) is 25.2 Å². The van der Waals surface area contributed by atoms with Crippen LogP contribution in [-0.2, 0) is 29.5 Å². The first-order valence-electron chi connectivity index (χ1n) is 5.55. The molecule has 0 unspecified atom stereocenters. The minimum absolute atomic E-state index is 0.222. The molecule has 5 heteroatoms. The fourth-order valence-corrected chi connectivity index (χ4v) is 1.41. The number of aromatic nitrogens is 2. The maximum absolute atomic E-state index is 11.1. The zero-order valence-corrected chi connectivity index (χ0v) is 10.1. The number of hydrogen-bond donors (Lipinski definition) is 1. The molecule has 1 rings (SSSR count). The van der Waals surface area contributed by atoms with Gasteiger partial charge in [-0.2, -0.15) is 5.10 Å². The van der Waals surface area contributed by atoms with Gasteiger partial charge in [-0.25, -0.2) is 0 Å². The molecule has 0 atom stereocenters. The van der Waals surface area contributed by atoms with Gasteiger partial charge in [-0.15, -0.1) is 0 Å². The van der Waals surface area contributed by atoms with E-state index in [0.717, 1.165) is 17.8 Å². The van der Waals surface area contributed by atoms with Crippen LogP contribution in [0.15, 0.2) is 6.07 Å². The second-order valence-corrected chi connectivity index (χ2v) is 3.51. The second kappa shape index (κ2) is 6.27. The summed E-state index contributed by atoms with van der Waals surface area (Å²) in [5.74, 6) is -0.222. The zero-order chi connectivity index (χ0) is 12.0. The van der Waals surface area contributed by atoms with E-state index in [1.54, 1.807) is 6.92 Å². The number of nitrogens with zero attached hydrogens (tertiary/aromatic N) is 2. The Morgan fingerprint density at radius 2 is 2.31 bits per heavy atom. The normalized spacial score (nSPS) is 10.4. The number of esters is 1. The van der Waals surface area contributed by atoms with Crippen LogP contribution in [0, 0.1) is 0 Å². The summed E-state index contributed by atoms with van der Waals surface area (Å²) < 4.78 is 6.64. The molecule has 0 aliphatic heterocycles. The molecular formula is C11H19N3O2. The molecule has 1 heterocycles. The fraction of sp³-hybridized carbons (Fsp3) is 0.636. The zero-order valence-electron chi connectivity index (χ0n) is 10.1. The lowest BCUT2D eigenvalue weighted by Gasteiger charge is -2.04. The Labute approximate surface area is 95.8 Å². The molecule has 0 aliphatic rings. The topological polar surface area (TPSA) is 56.1 Å². The molecule has 0 amide bonds. The first-order valence-corrected chi connectivity index (χ1v) is 5.55. The molecule has 0 aromatic carbocycles. The molecule has 5 nitrogen and oxygen atoms in total. The molecule has 0 saturated carbocycles. The van der Waals surface area contributed by atoms with Crippen molar-refractivity contribution >= 4 is 5.97 Å². The van der Waals surface area contributed by atoms with E-state index in [-0.39, 0.29) is 12.5 Å².